The first-order valence-corrected chi connectivity index (χ1v) is 5.69. The minimum absolute atomic E-state index is 0.236. The molecule has 0 fully saturated rings. The Morgan fingerprint density at radius 2 is 2.33 bits per heavy atom. The second kappa shape index (κ2) is 3.27. The SMILES string of the molecule is Cc1nc(C2CNc3cocc3N2)cs1. The van der Waals surface area contributed by atoms with Crippen molar-refractivity contribution in [3.8, 4) is 0 Å². The Hall–Kier alpha value is -1.49. The summed E-state index contributed by atoms with van der Waals surface area (Å²) in [4.78, 5) is 4.48. The molecule has 0 bridgehead atoms. The molecule has 15 heavy (non-hydrogen) atoms. The van der Waals surface area contributed by atoms with Crippen LogP contribution in [0.1, 0.15) is 16.7 Å². The summed E-state index contributed by atoms with van der Waals surface area (Å²) in [5.41, 5.74) is 3.13. The molecular formula is C10H11N3OS. The molecule has 78 valence electrons. The van der Waals surface area contributed by atoms with Crippen LogP contribution >= 0.6 is 11.3 Å². The minimum atomic E-state index is 0.236. The van der Waals surface area contributed by atoms with Gasteiger partial charge < -0.3 is 15.1 Å². The molecule has 0 amide bonds. The normalized spacial score (nSPS) is 19.1. The van der Waals surface area contributed by atoms with Gasteiger partial charge in [0.15, 0.2) is 0 Å². The first-order valence-electron chi connectivity index (χ1n) is 4.81. The van der Waals surface area contributed by atoms with Crippen molar-refractivity contribution in [3.63, 3.8) is 0 Å². The fourth-order valence-electron chi connectivity index (χ4n) is 1.72. The Labute approximate surface area is 91.3 Å². The molecular weight excluding hydrogens is 210 g/mol. The third-order valence-corrected chi connectivity index (χ3v) is 3.27. The maximum Gasteiger partial charge on any atom is 0.116 e. The van der Waals surface area contributed by atoms with Gasteiger partial charge in [-0.05, 0) is 6.92 Å². The van der Waals surface area contributed by atoms with E-state index in [-0.39, 0.29) is 6.04 Å². The zero-order chi connectivity index (χ0) is 10.3. The van der Waals surface area contributed by atoms with Crippen LogP contribution in [-0.4, -0.2) is 11.5 Å². The number of aryl methyl sites for hydroxylation is 1. The molecule has 0 radical (unpaired) electrons. The number of fused-ring (bicyclic) bond motifs is 1. The molecule has 3 rings (SSSR count). The number of nitrogens with zero attached hydrogens (tertiary/aromatic N) is 1. The first kappa shape index (κ1) is 8.79. The number of rotatable bonds is 1. The van der Waals surface area contributed by atoms with E-state index in [0.717, 1.165) is 28.6 Å². The standard InChI is InChI=1S/C10H11N3OS/c1-6-12-10(5-15-6)7-2-11-8-3-14-4-9(8)13-7/h3-5,7,11,13H,2H2,1H3. The van der Waals surface area contributed by atoms with Gasteiger partial charge in [0.1, 0.15) is 12.5 Å². The van der Waals surface area contributed by atoms with Crippen LogP contribution in [0, 0.1) is 6.92 Å². The van der Waals surface area contributed by atoms with Crippen LogP contribution in [0.2, 0.25) is 0 Å². The lowest BCUT2D eigenvalue weighted by Gasteiger charge is -2.23. The van der Waals surface area contributed by atoms with Crippen molar-refractivity contribution in [3.05, 3.63) is 28.6 Å². The molecule has 2 aromatic rings. The van der Waals surface area contributed by atoms with E-state index < -0.39 is 0 Å². The molecule has 5 heteroatoms. The third kappa shape index (κ3) is 1.48. The van der Waals surface area contributed by atoms with Gasteiger partial charge >= 0.3 is 0 Å². The number of hydrogen-bond donors (Lipinski definition) is 2. The quantitative estimate of drug-likeness (QED) is 0.777. The van der Waals surface area contributed by atoms with Crippen LogP contribution in [0.25, 0.3) is 0 Å². The van der Waals surface area contributed by atoms with Crippen molar-refractivity contribution in [2.24, 2.45) is 0 Å². The summed E-state index contributed by atoms with van der Waals surface area (Å²) in [6, 6.07) is 0.236. The Kier molecular flexibility index (Phi) is 1.92. The molecule has 3 heterocycles. The number of aromatic nitrogens is 1. The number of nitrogens with one attached hydrogen (secondary N) is 2. The highest BCUT2D eigenvalue weighted by Gasteiger charge is 2.21. The summed E-state index contributed by atoms with van der Waals surface area (Å²) in [6.07, 6.45) is 3.43. The average Bonchev–Trinajstić information content (AvgIpc) is 2.84. The lowest BCUT2D eigenvalue weighted by Crippen LogP contribution is -2.25. The number of furan rings is 1. The zero-order valence-electron chi connectivity index (χ0n) is 8.28. The fraction of sp³-hybridized carbons (Fsp3) is 0.300. The van der Waals surface area contributed by atoms with E-state index in [1.165, 1.54) is 0 Å². The van der Waals surface area contributed by atoms with Crippen molar-refractivity contribution in [2.75, 3.05) is 17.2 Å². The highest BCUT2D eigenvalue weighted by molar-refractivity contribution is 7.09. The monoisotopic (exact) mass is 221 g/mol. The highest BCUT2D eigenvalue weighted by atomic mass is 32.1. The first-order chi connectivity index (χ1) is 7.33. The molecule has 0 saturated carbocycles. The van der Waals surface area contributed by atoms with Gasteiger partial charge in [-0.15, -0.1) is 11.3 Å². The lowest BCUT2D eigenvalue weighted by molar-refractivity contribution is 0.569. The molecule has 0 aliphatic carbocycles. The summed E-state index contributed by atoms with van der Waals surface area (Å²) in [6.45, 7) is 2.86. The van der Waals surface area contributed by atoms with Crippen molar-refractivity contribution in [1.29, 1.82) is 0 Å². The van der Waals surface area contributed by atoms with Crippen LogP contribution in [0.15, 0.2) is 22.3 Å². The van der Waals surface area contributed by atoms with Crippen LogP contribution in [0.3, 0.4) is 0 Å². The van der Waals surface area contributed by atoms with E-state index in [9.17, 15) is 0 Å². The number of hydrogen-bond acceptors (Lipinski definition) is 5. The second-order valence-corrected chi connectivity index (χ2v) is 4.63. The molecule has 0 spiro atoms. The number of thiazole rings is 1. The van der Waals surface area contributed by atoms with Crippen molar-refractivity contribution >= 4 is 22.7 Å². The molecule has 1 aliphatic rings. The van der Waals surface area contributed by atoms with Gasteiger partial charge in [-0.25, -0.2) is 4.98 Å². The van der Waals surface area contributed by atoms with Gasteiger partial charge in [-0.1, -0.05) is 0 Å². The summed E-state index contributed by atoms with van der Waals surface area (Å²) < 4.78 is 5.11. The van der Waals surface area contributed by atoms with Crippen molar-refractivity contribution < 1.29 is 4.42 Å². The second-order valence-electron chi connectivity index (χ2n) is 3.57. The molecule has 0 saturated heterocycles. The van der Waals surface area contributed by atoms with E-state index in [2.05, 4.69) is 21.0 Å². The predicted octanol–water partition coefficient (Wildman–Crippen LogP) is 2.62. The van der Waals surface area contributed by atoms with Crippen LogP contribution < -0.4 is 10.6 Å². The van der Waals surface area contributed by atoms with Gasteiger partial charge in [0, 0.05) is 11.9 Å². The van der Waals surface area contributed by atoms with Crippen LogP contribution in [-0.2, 0) is 0 Å². The Bertz CT molecular complexity index is 476. The van der Waals surface area contributed by atoms with E-state index >= 15 is 0 Å². The molecule has 1 atom stereocenters. The summed E-state index contributed by atoms with van der Waals surface area (Å²) in [7, 11) is 0. The third-order valence-electron chi connectivity index (χ3n) is 2.48. The topological polar surface area (TPSA) is 50.1 Å². The Balaban J connectivity index is 1.87. The molecule has 2 N–H and O–H groups in total. The lowest BCUT2D eigenvalue weighted by atomic mass is 10.1. The van der Waals surface area contributed by atoms with Gasteiger partial charge in [-0.3, -0.25) is 0 Å². The summed E-state index contributed by atoms with van der Waals surface area (Å²) in [5, 5.41) is 9.90. The molecule has 0 aromatic carbocycles. The predicted molar refractivity (Wildman–Crippen MR) is 60.4 cm³/mol. The zero-order valence-corrected chi connectivity index (χ0v) is 9.10. The Morgan fingerprint density at radius 3 is 3.13 bits per heavy atom. The highest BCUT2D eigenvalue weighted by Crippen LogP contribution is 2.32. The van der Waals surface area contributed by atoms with Crippen molar-refractivity contribution in [2.45, 2.75) is 13.0 Å². The molecule has 1 aliphatic heterocycles. The van der Waals surface area contributed by atoms with Crippen LogP contribution in [0.4, 0.5) is 11.4 Å². The van der Waals surface area contributed by atoms with Gasteiger partial charge in [0.25, 0.3) is 0 Å². The largest absolute Gasteiger partial charge is 0.468 e. The number of anilines is 2. The average molecular weight is 221 g/mol. The smallest absolute Gasteiger partial charge is 0.116 e. The molecule has 1 unspecified atom stereocenters. The summed E-state index contributed by atoms with van der Waals surface area (Å²) in [5.74, 6) is 0. The fourth-order valence-corrected chi connectivity index (χ4v) is 2.38. The van der Waals surface area contributed by atoms with Gasteiger partial charge in [0.05, 0.1) is 28.1 Å². The van der Waals surface area contributed by atoms with Crippen molar-refractivity contribution in [1.82, 2.24) is 4.98 Å². The van der Waals surface area contributed by atoms with E-state index in [0.29, 0.717) is 0 Å². The van der Waals surface area contributed by atoms with E-state index in [1.807, 2.05) is 6.92 Å². The maximum absolute atomic E-state index is 5.11. The Morgan fingerprint density at radius 1 is 1.47 bits per heavy atom. The van der Waals surface area contributed by atoms with E-state index in [4.69, 9.17) is 4.42 Å². The van der Waals surface area contributed by atoms with Gasteiger partial charge in [-0.2, -0.15) is 0 Å². The van der Waals surface area contributed by atoms with Gasteiger partial charge in [0.2, 0.25) is 0 Å². The maximum atomic E-state index is 5.11. The van der Waals surface area contributed by atoms with E-state index in [1.54, 1.807) is 23.9 Å². The molecule has 2 aromatic heterocycles. The van der Waals surface area contributed by atoms with Crippen LogP contribution in [0.5, 0.6) is 0 Å². The minimum Gasteiger partial charge on any atom is -0.468 e. The summed E-state index contributed by atoms with van der Waals surface area (Å²) >= 11 is 1.68. The molecule has 4 nitrogen and oxygen atoms in total.